The standard InChI is InChI=1S/C23H21F3O5S/c1-5-22(3)21(28)19(15-8-11-17(13(2)27)18(12-15)23(24,25)26)20(31-22)14-6-9-16(10-7-14)32(4,29)30/h6-12H,5H2,1-4H3. The maximum absolute atomic E-state index is 13.6. The molecule has 1 atom stereocenters. The predicted molar refractivity (Wildman–Crippen MR) is 113 cm³/mol. The van der Waals surface area contributed by atoms with E-state index < -0.39 is 44.3 Å². The molecule has 3 rings (SSSR count). The minimum absolute atomic E-state index is 0.0355. The zero-order valence-electron chi connectivity index (χ0n) is 17.8. The quantitative estimate of drug-likeness (QED) is 0.583. The first-order chi connectivity index (χ1) is 14.7. The van der Waals surface area contributed by atoms with Gasteiger partial charge in [-0.25, -0.2) is 8.42 Å². The summed E-state index contributed by atoms with van der Waals surface area (Å²) in [4.78, 5) is 25.0. The molecular weight excluding hydrogens is 445 g/mol. The molecule has 170 valence electrons. The van der Waals surface area contributed by atoms with Crippen LogP contribution >= 0.6 is 0 Å². The molecule has 0 bridgehead atoms. The van der Waals surface area contributed by atoms with Crippen LogP contribution in [0.3, 0.4) is 0 Å². The molecule has 1 aliphatic heterocycles. The SMILES string of the molecule is CCC1(C)OC(c2ccc(S(C)(=O)=O)cc2)=C(c2ccc(C(C)=O)c(C(F)(F)F)c2)C1=O. The summed E-state index contributed by atoms with van der Waals surface area (Å²) in [5.41, 5.74) is -2.67. The molecule has 9 heteroatoms. The molecule has 0 aliphatic carbocycles. The van der Waals surface area contributed by atoms with Gasteiger partial charge in [-0.2, -0.15) is 13.2 Å². The van der Waals surface area contributed by atoms with Crippen LogP contribution in [0.2, 0.25) is 0 Å². The molecule has 0 radical (unpaired) electrons. The highest BCUT2D eigenvalue weighted by molar-refractivity contribution is 7.90. The molecule has 0 N–H and O–H groups in total. The maximum Gasteiger partial charge on any atom is 0.417 e. The fraction of sp³-hybridized carbons (Fsp3) is 0.304. The van der Waals surface area contributed by atoms with E-state index in [2.05, 4.69) is 0 Å². The van der Waals surface area contributed by atoms with Crippen molar-refractivity contribution in [3.05, 3.63) is 64.7 Å². The summed E-state index contributed by atoms with van der Waals surface area (Å²) in [5.74, 6) is -1.18. The molecule has 2 aromatic rings. The first kappa shape index (κ1) is 23.7. The largest absolute Gasteiger partial charge is 0.478 e. The van der Waals surface area contributed by atoms with Gasteiger partial charge in [-0.3, -0.25) is 9.59 Å². The van der Waals surface area contributed by atoms with E-state index in [-0.39, 0.29) is 28.2 Å². The van der Waals surface area contributed by atoms with Gasteiger partial charge in [-0.05, 0) is 56.2 Å². The van der Waals surface area contributed by atoms with E-state index in [4.69, 9.17) is 4.74 Å². The van der Waals surface area contributed by atoms with E-state index in [1.54, 1.807) is 13.8 Å². The number of hydrogen-bond donors (Lipinski definition) is 0. The Balaban J connectivity index is 2.26. The normalized spacial score (nSPS) is 19.3. The molecule has 0 saturated carbocycles. The fourth-order valence-corrected chi connectivity index (χ4v) is 4.11. The van der Waals surface area contributed by atoms with Crippen LogP contribution in [0.25, 0.3) is 11.3 Å². The zero-order valence-corrected chi connectivity index (χ0v) is 18.6. The maximum atomic E-state index is 13.6. The van der Waals surface area contributed by atoms with Gasteiger partial charge >= 0.3 is 6.18 Å². The third-order valence-corrected chi connectivity index (χ3v) is 6.60. The third-order valence-electron chi connectivity index (χ3n) is 5.47. The molecule has 1 unspecified atom stereocenters. The summed E-state index contributed by atoms with van der Waals surface area (Å²) in [6, 6.07) is 8.67. The highest BCUT2D eigenvalue weighted by Crippen LogP contribution is 2.44. The molecular formula is C23H21F3O5S. The van der Waals surface area contributed by atoms with Gasteiger partial charge < -0.3 is 4.74 Å². The lowest BCUT2D eigenvalue weighted by Gasteiger charge is -2.21. The van der Waals surface area contributed by atoms with Gasteiger partial charge in [0.25, 0.3) is 0 Å². The average molecular weight is 466 g/mol. The number of alkyl halides is 3. The lowest BCUT2D eigenvalue weighted by Crippen LogP contribution is -2.32. The average Bonchev–Trinajstić information content (AvgIpc) is 2.98. The Kier molecular flexibility index (Phi) is 5.84. The van der Waals surface area contributed by atoms with Gasteiger partial charge in [-0.15, -0.1) is 0 Å². The number of carbonyl (C=O) groups excluding carboxylic acids is 2. The minimum atomic E-state index is -4.80. The molecule has 0 amide bonds. The van der Waals surface area contributed by atoms with E-state index in [1.165, 1.54) is 30.3 Å². The number of rotatable bonds is 5. The number of ether oxygens (including phenoxy) is 1. The first-order valence-corrected chi connectivity index (χ1v) is 11.6. The van der Waals surface area contributed by atoms with Crippen molar-refractivity contribution in [3.63, 3.8) is 0 Å². The van der Waals surface area contributed by atoms with Crippen molar-refractivity contribution in [2.75, 3.05) is 6.26 Å². The molecule has 0 spiro atoms. The van der Waals surface area contributed by atoms with Crippen molar-refractivity contribution >= 4 is 32.7 Å². The van der Waals surface area contributed by atoms with Crippen LogP contribution in [0, 0.1) is 0 Å². The number of ketones is 2. The zero-order chi connectivity index (χ0) is 24.1. The van der Waals surface area contributed by atoms with Gasteiger partial charge in [0, 0.05) is 17.4 Å². The van der Waals surface area contributed by atoms with Crippen molar-refractivity contribution in [2.45, 2.75) is 43.9 Å². The van der Waals surface area contributed by atoms with Crippen LogP contribution in [0.1, 0.15) is 54.2 Å². The molecule has 5 nitrogen and oxygen atoms in total. The van der Waals surface area contributed by atoms with Crippen LogP contribution in [-0.2, 0) is 25.5 Å². The number of halogens is 3. The van der Waals surface area contributed by atoms with E-state index >= 15 is 0 Å². The second kappa shape index (κ2) is 7.88. The van der Waals surface area contributed by atoms with E-state index in [1.807, 2.05) is 0 Å². The molecule has 1 aliphatic rings. The highest BCUT2D eigenvalue weighted by Gasteiger charge is 2.46. The lowest BCUT2D eigenvalue weighted by molar-refractivity contribution is -0.138. The Labute approximate surface area is 183 Å². The van der Waals surface area contributed by atoms with E-state index in [9.17, 15) is 31.2 Å². The molecule has 0 aromatic heterocycles. The number of carbonyl (C=O) groups is 2. The Hall–Kier alpha value is -2.94. The van der Waals surface area contributed by atoms with Crippen molar-refractivity contribution in [1.29, 1.82) is 0 Å². The first-order valence-electron chi connectivity index (χ1n) is 9.70. The number of Topliss-reactive ketones (excluding diaryl/α,β-unsaturated/α-hetero) is 2. The predicted octanol–water partition coefficient (Wildman–Crippen LogP) is 4.95. The lowest BCUT2D eigenvalue weighted by atomic mass is 9.88. The van der Waals surface area contributed by atoms with Crippen LogP contribution in [0.5, 0.6) is 0 Å². The summed E-state index contributed by atoms with van der Waals surface area (Å²) in [6.07, 6.45) is -3.49. The van der Waals surface area contributed by atoms with Crippen LogP contribution < -0.4 is 0 Å². The number of benzene rings is 2. The van der Waals surface area contributed by atoms with Crippen LogP contribution in [-0.4, -0.2) is 31.8 Å². The molecule has 0 fully saturated rings. The summed E-state index contributed by atoms with van der Waals surface area (Å²) in [6.45, 7) is 4.29. The molecule has 32 heavy (non-hydrogen) atoms. The van der Waals surface area contributed by atoms with E-state index in [0.29, 0.717) is 5.56 Å². The Morgan fingerprint density at radius 1 is 1.06 bits per heavy atom. The topological polar surface area (TPSA) is 77.5 Å². The molecule has 1 heterocycles. The summed E-state index contributed by atoms with van der Waals surface area (Å²) < 4.78 is 70.3. The Morgan fingerprint density at radius 3 is 2.09 bits per heavy atom. The summed E-state index contributed by atoms with van der Waals surface area (Å²) >= 11 is 0. The van der Waals surface area contributed by atoms with Crippen molar-refractivity contribution in [3.8, 4) is 0 Å². The van der Waals surface area contributed by atoms with Gasteiger partial charge in [-0.1, -0.05) is 19.1 Å². The summed E-state index contributed by atoms with van der Waals surface area (Å²) in [7, 11) is -3.46. The Bertz CT molecular complexity index is 1240. The number of hydrogen-bond acceptors (Lipinski definition) is 5. The minimum Gasteiger partial charge on any atom is -0.478 e. The van der Waals surface area contributed by atoms with Gasteiger partial charge in [0.15, 0.2) is 21.2 Å². The monoisotopic (exact) mass is 466 g/mol. The van der Waals surface area contributed by atoms with Crippen molar-refractivity contribution < 1.29 is 35.9 Å². The van der Waals surface area contributed by atoms with Crippen molar-refractivity contribution in [2.24, 2.45) is 0 Å². The van der Waals surface area contributed by atoms with Gasteiger partial charge in [0.2, 0.25) is 5.78 Å². The molecule has 2 aromatic carbocycles. The van der Waals surface area contributed by atoms with Gasteiger partial charge in [0.1, 0.15) is 5.76 Å². The van der Waals surface area contributed by atoms with Gasteiger partial charge in [0.05, 0.1) is 16.0 Å². The number of sulfone groups is 1. The third kappa shape index (κ3) is 4.21. The van der Waals surface area contributed by atoms with Crippen LogP contribution in [0.15, 0.2) is 47.4 Å². The smallest absolute Gasteiger partial charge is 0.417 e. The second-order valence-corrected chi connectivity index (χ2v) is 9.85. The Morgan fingerprint density at radius 2 is 1.62 bits per heavy atom. The fourth-order valence-electron chi connectivity index (χ4n) is 3.48. The van der Waals surface area contributed by atoms with Crippen molar-refractivity contribution in [1.82, 2.24) is 0 Å². The summed E-state index contributed by atoms with van der Waals surface area (Å²) in [5, 5.41) is 0. The highest BCUT2D eigenvalue weighted by atomic mass is 32.2. The van der Waals surface area contributed by atoms with E-state index in [0.717, 1.165) is 25.3 Å². The second-order valence-electron chi connectivity index (χ2n) is 7.83. The molecule has 0 saturated heterocycles. The van der Waals surface area contributed by atoms with Crippen LogP contribution in [0.4, 0.5) is 13.2 Å².